The zero-order valence-corrected chi connectivity index (χ0v) is 12.1. The largest absolute Gasteiger partial charge is 0.459 e. The molecule has 0 amide bonds. The Labute approximate surface area is 109 Å². The molecule has 2 nitrogen and oxygen atoms in total. The molecule has 0 bridgehead atoms. The monoisotopic (exact) mass is 245 g/mol. The molecule has 1 N–H and O–H groups in total. The van der Waals surface area contributed by atoms with Gasteiger partial charge in [0.15, 0.2) is 0 Å². The molecule has 2 rings (SSSR count). The first-order chi connectivity index (χ1) is 8.56. The van der Waals surface area contributed by atoms with Crippen molar-refractivity contribution in [1.29, 1.82) is 0 Å². The summed E-state index contributed by atoms with van der Waals surface area (Å²) in [5.41, 5.74) is 4.84. The van der Waals surface area contributed by atoms with Gasteiger partial charge in [-0.25, -0.2) is 0 Å². The van der Waals surface area contributed by atoms with Crippen molar-refractivity contribution < 1.29 is 4.42 Å². The van der Waals surface area contributed by atoms with Gasteiger partial charge in [-0.3, -0.25) is 0 Å². The van der Waals surface area contributed by atoms with E-state index >= 15 is 0 Å². The fourth-order valence-electron chi connectivity index (χ4n) is 2.56. The first-order valence-electron chi connectivity index (χ1n) is 6.78. The Morgan fingerprint density at radius 1 is 1.17 bits per heavy atom. The number of fused-ring (bicyclic) bond motifs is 1. The number of benzene rings is 1. The molecule has 18 heavy (non-hydrogen) atoms. The van der Waals surface area contributed by atoms with Gasteiger partial charge in [0.1, 0.15) is 11.3 Å². The fourth-order valence-corrected chi connectivity index (χ4v) is 2.56. The molecule has 1 heterocycles. The molecule has 0 aliphatic heterocycles. The first kappa shape index (κ1) is 13.2. The van der Waals surface area contributed by atoms with E-state index in [1.165, 1.54) is 22.1 Å². The van der Waals surface area contributed by atoms with Gasteiger partial charge in [0, 0.05) is 10.9 Å². The average Bonchev–Trinajstić information content (AvgIpc) is 2.70. The van der Waals surface area contributed by atoms with Gasteiger partial charge in [0.05, 0.1) is 6.04 Å². The second-order valence-electron chi connectivity index (χ2n) is 5.17. The Balaban J connectivity index is 2.50. The SMILES string of the molecule is CCCNC(C)c1oc2c(C)ccc(C)c2c1C. The highest BCUT2D eigenvalue weighted by Crippen LogP contribution is 2.33. The van der Waals surface area contributed by atoms with Gasteiger partial charge >= 0.3 is 0 Å². The minimum absolute atomic E-state index is 0.274. The topological polar surface area (TPSA) is 25.2 Å². The normalized spacial score (nSPS) is 13.2. The Hall–Kier alpha value is -1.28. The van der Waals surface area contributed by atoms with Crippen LogP contribution >= 0.6 is 0 Å². The van der Waals surface area contributed by atoms with Gasteiger partial charge in [0.2, 0.25) is 0 Å². The summed E-state index contributed by atoms with van der Waals surface area (Å²) in [5, 5.41) is 4.78. The third-order valence-corrected chi connectivity index (χ3v) is 3.61. The summed E-state index contributed by atoms with van der Waals surface area (Å²) < 4.78 is 6.11. The van der Waals surface area contributed by atoms with Crippen LogP contribution in [0.4, 0.5) is 0 Å². The molecule has 1 aromatic heterocycles. The Morgan fingerprint density at radius 2 is 1.83 bits per heavy atom. The molecule has 1 unspecified atom stereocenters. The maximum Gasteiger partial charge on any atom is 0.137 e. The molecule has 0 saturated heterocycles. The van der Waals surface area contributed by atoms with Crippen LogP contribution in [0, 0.1) is 20.8 Å². The van der Waals surface area contributed by atoms with E-state index in [0.717, 1.165) is 24.3 Å². The van der Waals surface area contributed by atoms with Crippen LogP contribution in [0.2, 0.25) is 0 Å². The van der Waals surface area contributed by atoms with Crippen molar-refractivity contribution in [2.45, 2.75) is 47.1 Å². The van der Waals surface area contributed by atoms with E-state index in [1.807, 2.05) is 0 Å². The lowest BCUT2D eigenvalue weighted by Gasteiger charge is -2.11. The molecule has 2 heteroatoms. The highest BCUT2D eigenvalue weighted by molar-refractivity contribution is 5.87. The quantitative estimate of drug-likeness (QED) is 0.862. The van der Waals surface area contributed by atoms with Crippen LogP contribution in [0.25, 0.3) is 11.0 Å². The zero-order chi connectivity index (χ0) is 13.3. The van der Waals surface area contributed by atoms with Gasteiger partial charge in [-0.1, -0.05) is 19.1 Å². The minimum atomic E-state index is 0.274. The van der Waals surface area contributed by atoms with Gasteiger partial charge < -0.3 is 9.73 Å². The van der Waals surface area contributed by atoms with Crippen LogP contribution < -0.4 is 5.32 Å². The highest BCUT2D eigenvalue weighted by atomic mass is 16.3. The van der Waals surface area contributed by atoms with Crippen molar-refractivity contribution in [3.63, 3.8) is 0 Å². The Kier molecular flexibility index (Phi) is 3.76. The number of nitrogens with one attached hydrogen (secondary N) is 1. The maximum absolute atomic E-state index is 6.11. The lowest BCUT2D eigenvalue weighted by Crippen LogP contribution is -2.19. The summed E-state index contributed by atoms with van der Waals surface area (Å²) in [5.74, 6) is 1.08. The molecular weight excluding hydrogens is 222 g/mol. The Morgan fingerprint density at radius 3 is 2.44 bits per heavy atom. The predicted octanol–water partition coefficient (Wildman–Crippen LogP) is 4.42. The molecule has 0 spiro atoms. The summed E-state index contributed by atoms with van der Waals surface area (Å²) in [6.45, 7) is 11.8. The molecule has 2 aromatic rings. The van der Waals surface area contributed by atoms with Gasteiger partial charge in [-0.15, -0.1) is 0 Å². The van der Waals surface area contributed by atoms with Crippen LogP contribution in [0.3, 0.4) is 0 Å². The summed E-state index contributed by atoms with van der Waals surface area (Å²) in [6, 6.07) is 4.58. The third kappa shape index (κ3) is 2.17. The van der Waals surface area contributed by atoms with Gasteiger partial charge in [-0.05, 0) is 51.8 Å². The highest BCUT2D eigenvalue weighted by Gasteiger charge is 2.18. The molecule has 98 valence electrons. The fraction of sp³-hybridized carbons (Fsp3) is 0.500. The van der Waals surface area contributed by atoms with E-state index in [-0.39, 0.29) is 6.04 Å². The molecular formula is C16H23NO. The lowest BCUT2D eigenvalue weighted by molar-refractivity contribution is 0.448. The lowest BCUT2D eigenvalue weighted by atomic mass is 10.0. The van der Waals surface area contributed by atoms with Crippen molar-refractivity contribution in [1.82, 2.24) is 5.32 Å². The van der Waals surface area contributed by atoms with Crippen molar-refractivity contribution in [2.75, 3.05) is 6.54 Å². The smallest absolute Gasteiger partial charge is 0.137 e. The summed E-state index contributed by atoms with van der Waals surface area (Å²) >= 11 is 0. The molecule has 1 atom stereocenters. The van der Waals surface area contributed by atoms with E-state index in [9.17, 15) is 0 Å². The van der Waals surface area contributed by atoms with Crippen molar-refractivity contribution >= 4 is 11.0 Å². The number of rotatable bonds is 4. The zero-order valence-electron chi connectivity index (χ0n) is 12.1. The molecule has 0 aliphatic carbocycles. The first-order valence-corrected chi connectivity index (χ1v) is 6.78. The predicted molar refractivity (Wildman–Crippen MR) is 77.1 cm³/mol. The van der Waals surface area contributed by atoms with Crippen molar-refractivity contribution in [3.8, 4) is 0 Å². The molecule has 0 radical (unpaired) electrons. The van der Waals surface area contributed by atoms with Crippen molar-refractivity contribution in [3.05, 3.63) is 34.6 Å². The summed E-state index contributed by atoms with van der Waals surface area (Å²) in [7, 11) is 0. The van der Waals surface area contributed by atoms with Crippen LogP contribution in [0.1, 0.15) is 48.8 Å². The Bertz CT molecular complexity index is 554. The van der Waals surface area contributed by atoms with E-state index in [0.29, 0.717) is 0 Å². The molecule has 1 aromatic carbocycles. The summed E-state index contributed by atoms with van der Waals surface area (Å²) in [4.78, 5) is 0. The number of furan rings is 1. The van der Waals surface area contributed by atoms with Gasteiger partial charge in [-0.2, -0.15) is 0 Å². The van der Waals surface area contributed by atoms with E-state index < -0.39 is 0 Å². The van der Waals surface area contributed by atoms with Crippen LogP contribution in [0.5, 0.6) is 0 Å². The number of aryl methyl sites for hydroxylation is 3. The maximum atomic E-state index is 6.11. The summed E-state index contributed by atoms with van der Waals surface area (Å²) in [6.07, 6.45) is 1.14. The van der Waals surface area contributed by atoms with Crippen LogP contribution in [-0.2, 0) is 0 Å². The van der Waals surface area contributed by atoms with Crippen LogP contribution in [-0.4, -0.2) is 6.54 Å². The second kappa shape index (κ2) is 5.15. The van der Waals surface area contributed by atoms with Crippen molar-refractivity contribution in [2.24, 2.45) is 0 Å². The average molecular weight is 245 g/mol. The number of hydrogen-bond acceptors (Lipinski definition) is 2. The second-order valence-corrected chi connectivity index (χ2v) is 5.17. The van der Waals surface area contributed by atoms with E-state index in [1.54, 1.807) is 0 Å². The van der Waals surface area contributed by atoms with E-state index in [4.69, 9.17) is 4.42 Å². The molecule has 0 aliphatic rings. The third-order valence-electron chi connectivity index (χ3n) is 3.61. The van der Waals surface area contributed by atoms with E-state index in [2.05, 4.69) is 52.1 Å². The number of hydrogen-bond donors (Lipinski definition) is 1. The van der Waals surface area contributed by atoms with Gasteiger partial charge in [0.25, 0.3) is 0 Å². The standard InChI is InChI=1S/C16H23NO/c1-6-9-17-13(5)16-12(4)14-10(2)7-8-11(3)15(14)18-16/h7-8,13,17H,6,9H2,1-5H3. The molecule has 0 saturated carbocycles. The molecule has 0 fully saturated rings. The van der Waals surface area contributed by atoms with Crippen LogP contribution in [0.15, 0.2) is 16.5 Å². The minimum Gasteiger partial charge on any atom is -0.459 e.